The fourth-order valence-electron chi connectivity index (χ4n) is 2.97. The Bertz CT molecular complexity index is 706. The van der Waals surface area contributed by atoms with Crippen molar-refractivity contribution in [3.05, 3.63) is 39.9 Å². The number of hydrogen-bond acceptors (Lipinski definition) is 7. The van der Waals surface area contributed by atoms with Crippen LogP contribution in [0.4, 0.5) is 5.69 Å². The summed E-state index contributed by atoms with van der Waals surface area (Å²) in [5, 5.41) is 10.4. The molecule has 2 N–H and O–H groups in total. The third kappa shape index (κ3) is 2.63. The molecule has 0 bridgehead atoms. The first kappa shape index (κ1) is 16.7. The number of rotatable bonds is 4. The van der Waals surface area contributed by atoms with Gasteiger partial charge >= 0.3 is 5.97 Å². The number of nitro benzene ring substituents is 1. The Hall–Kier alpha value is -2.13. The topological polar surface area (TPSA) is 116 Å². The van der Waals surface area contributed by atoms with Crippen LogP contribution in [0.25, 0.3) is 0 Å². The number of carbonyl (C=O) groups excluding carboxylic acids is 2. The summed E-state index contributed by atoms with van der Waals surface area (Å²) in [5.41, 5.74) is 6.39. The number of fused-ring (bicyclic) bond motifs is 1. The minimum atomic E-state index is -0.683. The molecule has 0 spiro atoms. The van der Waals surface area contributed by atoms with Crippen LogP contribution in [0.15, 0.2) is 24.3 Å². The molecule has 2 aliphatic heterocycles. The molecule has 0 aliphatic carbocycles. The summed E-state index contributed by atoms with van der Waals surface area (Å²) < 4.78 is 4.84. The van der Waals surface area contributed by atoms with E-state index in [-0.39, 0.29) is 23.6 Å². The second kappa shape index (κ2) is 5.75. The van der Waals surface area contributed by atoms with Gasteiger partial charge in [-0.1, -0.05) is 0 Å². The number of benzene rings is 1. The van der Waals surface area contributed by atoms with Gasteiger partial charge < -0.3 is 15.4 Å². The quantitative estimate of drug-likeness (QED) is 0.373. The first-order valence-corrected chi connectivity index (χ1v) is 8.26. The van der Waals surface area contributed by atoms with Crippen molar-refractivity contribution < 1.29 is 19.2 Å². The maximum absolute atomic E-state index is 12.5. The van der Waals surface area contributed by atoms with Crippen molar-refractivity contribution in [2.75, 3.05) is 0 Å². The number of non-ortho nitro benzene ring substituents is 1. The SMILES string of the molecule is CC1(C)S[C@@H]2[C@H](N)C(=O)N2[C@H]1C(=O)OCc1ccc([N+](=O)[O-])cc1. The van der Waals surface area contributed by atoms with Crippen molar-refractivity contribution in [2.45, 2.75) is 42.7 Å². The predicted molar refractivity (Wildman–Crippen MR) is 87.0 cm³/mol. The van der Waals surface area contributed by atoms with Crippen molar-refractivity contribution in [1.29, 1.82) is 0 Å². The molecule has 2 aliphatic rings. The van der Waals surface area contributed by atoms with Crippen LogP contribution >= 0.6 is 11.8 Å². The fourth-order valence-corrected chi connectivity index (χ4v) is 4.53. The highest BCUT2D eigenvalue weighted by atomic mass is 32.2. The molecule has 9 heteroatoms. The van der Waals surface area contributed by atoms with Crippen molar-refractivity contribution in [3.8, 4) is 0 Å². The van der Waals surface area contributed by atoms with Gasteiger partial charge in [-0.15, -0.1) is 11.8 Å². The Morgan fingerprint density at radius 1 is 1.42 bits per heavy atom. The second-order valence-corrected chi connectivity index (χ2v) is 8.09. The van der Waals surface area contributed by atoms with Gasteiger partial charge in [-0.2, -0.15) is 0 Å². The van der Waals surface area contributed by atoms with Crippen LogP contribution < -0.4 is 5.73 Å². The van der Waals surface area contributed by atoms with Gasteiger partial charge in [0.15, 0.2) is 0 Å². The third-order valence-electron chi connectivity index (χ3n) is 4.23. The van der Waals surface area contributed by atoms with Gasteiger partial charge in [0.1, 0.15) is 24.1 Å². The zero-order valence-electron chi connectivity index (χ0n) is 13.2. The molecule has 0 aromatic heterocycles. The highest BCUT2D eigenvalue weighted by molar-refractivity contribution is 8.01. The molecule has 2 saturated heterocycles. The predicted octanol–water partition coefficient (Wildman–Crippen LogP) is 1.03. The van der Waals surface area contributed by atoms with E-state index in [1.54, 1.807) is 0 Å². The summed E-state index contributed by atoms with van der Waals surface area (Å²) in [4.78, 5) is 36.0. The van der Waals surface area contributed by atoms with Crippen LogP contribution in [-0.2, 0) is 20.9 Å². The molecule has 1 aromatic carbocycles. The van der Waals surface area contributed by atoms with E-state index in [2.05, 4.69) is 0 Å². The summed E-state index contributed by atoms with van der Waals surface area (Å²) in [6.45, 7) is 3.76. The van der Waals surface area contributed by atoms with E-state index in [0.29, 0.717) is 5.56 Å². The molecule has 0 unspecified atom stereocenters. The number of ether oxygens (including phenoxy) is 1. The number of hydrogen-bond donors (Lipinski definition) is 1. The molecule has 2 fully saturated rings. The number of β-lactam (4-membered cyclic amide) rings is 1. The Morgan fingerprint density at radius 2 is 2.04 bits per heavy atom. The number of nitro groups is 1. The summed E-state index contributed by atoms with van der Waals surface area (Å²) in [6, 6.07) is 4.53. The number of nitrogens with two attached hydrogens (primary N) is 1. The molecule has 3 rings (SSSR count). The molecule has 24 heavy (non-hydrogen) atoms. The van der Waals surface area contributed by atoms with E-state index in [0.717, 1.165) is 0 Å². The maximum atomic E-state index is 12.5. The second-order valence-electron chi connectivity index (χ2n) is 6.32. The molecule has 8 nitrogen and oxygen atoms in total. The minimum Gasteiger partial charge on any atom is -0.459 e. The summed E-state index contributed by atoms with van der Waals surface area (Å²) in [6.07, 6.45) is 0. The van der Waals surface area contributed by atoms with Crippen LogP contribution in [0.5, 0.6) is 0 Å². The van der Waals surface area contributed by atoms with E-state index in [9.17, 15) is 19.7 Å². The van der Waals surface area contributed by atoms with Gasteiger partial charge in [-0.3, -0.25) is 14.9 Å². The minimum absolute atomic E-state index is 0.00712. The summed E-state index contributed by atoms with van der Waals surface area (Å²) in [7, 11) is 0. The molecule has 128 valence electrons. The van der Waals surface area contributed by atoms with Crippen LogP contribution in [-0.4, -0.2) is 43.9 Å². The zero-order chi connectivity index (χ0) is 17.6. The number of thioether (sulfide) groups is 1. The molecule has 3 atom stereocenters. The standard InChI is InChI=1S/C15H17N3O5S/c1-15(2)11(17-12(19)10(16)13(17)24-15)14(20)23-7-8-3-5-9(6-4-8)18(21)22/h3-6,10-11,13H,7,16H2,1-2H3/t10-,11+,13-/m1/s1. The largest absolute Gasteiger partial charge is 0.459 e. The van der Waals surface area contributed by atoms with E-state index in [1.807, 2.05) is 13.8 Å². The number of carbonyl (C=O) groups is 2. The molecule has 1 aromatic rings. The lowest BCUT2D eigenvalue weighted by molar-refractivity contribution is -0.384. The molecule has 2 heterocycles. The van der Waals surface area contributed by atoms with Gasteiger partial charge in [0, 0.05) is 16.9 Å². The highest BCUT2D eigenvalue weighted by Gasteiger charge is 2.63. The average molecular weight is 351 g/mol. The number of esters is 1. The van der Waals surface area contributed by atoms with E-state index >= 15 is 0 Å². The Kier molecular flexibility index (Phi) is 4.00. The molecule has 1 amide bonds. The number of amides is 1. The van der Waals surface area contributed by atoms with Gasteiger partial charge in [-0.05, 0) is 31.5 Å². The van der Waals surface area contributed by atoms with Gasteiger partial charge in [-0.25, -0.2) is 4.79 Å². The van der Waals surface area contributed by atoms with Crippen LogP contribution in [0.1, 0.15) is 19.4 Å². The molecule has 0 radical (unpaired) electrons. The lowest BCUT2D eigenvalue weighted by atomic mass is 9.96. The van der Waals surface area contributed by atoms with E-state index in [4.69, 9.17) is 10.5 Å². The normalized spacial score (nSPS) is 27.4. The van der Waals surface area contributed by atoms with Crippen LogP contribution in [0.2, 0.25) is 0 Å². The van der Waals surface area contributed by atoms with Crippen molar-refractivity contribution in [2.24, 2.45) is 5.73 Å². The first-order valence-electron chi connectivity index (χ1n) is 7.38. The smallest absolute Gasteiger partial charge is 0.330 e. The molecular weight excluding hydrogens is 334 g/mol. The summed E-state index contributed by atoms with van der Waals surface area (Å²) in [5.74, 6) is -0.732. The lowest BCUT2D eigenvalue weighted by Crippen LogP contribution is -2.68. The number of nitrogens with zero attached hydrogens (tertiary/aromatic N) is 2. The van der Waals surface area contributed by atoms with Gasteiger partial charge in [0.25, 0.3) is 5.69 Å². The molecule has 0 saturated carbocycles. The average Bonchev–Trinajstić information content (AvgIpc) is 2.81. The maximum Gasteiger partial charge on any atom is 0.330 e. The third-order valence-corrected chi connectivity index (χ3v) is 5.83. The van der Waals surface area contributed by atoms with Crippen molar-refractivity contribution in [1.82, 2.24) is 4.90 Å². The summed E-state index contributed by atoms with van der Waals surface area (Å²) >= 11 is 1.50. The zero-order valence-corrected chi connectivity index (χ0v) is 14.0. The van der Waals surface area contributed by atoms with Gasteiger partial charge in [0.05, 0.1) is 4.92 Å². The lowest BCUT2D eigenvalue weighted by Gasteiger charge is -2.41. The van der Waals surface area contributed by atoms with Gasteiger partial charge in [0.2, 0.25) is 5.91 Å². The van der Waals surface area contributed by atoms with Crippen molar-refractivity contribution in [3.63, 3.8) is 0 Å². The van der Waals surface area contributed by atoms with E-state index in [1.165, 1.54) is 40.9 Å². The first-order chi connectivity index (χ1) is 11.2. The van der Waals surface area contributed by atoms with Crippen LogP contribution in [0.3, 0.4) is 0 Å². The monoisotopic (exact) mass is 351 g/mol. The van der Waals surface area contributed by atoms with Crippen LogP contribution in [0, 0.1) is 10.1 Å². The fraction of sp³-hybridized carbons (Fsp3) is 0.467. The van der Waals surface area contributed by atoms with Crippen molar-refractivity contribution >= 4 is 29.3 Å². The Morgan fingerprint density at radius 3 is 2.62 bits per heavy atom. The Labute approximate surface area is 142 Å². The molecular formula is C15H17N3O5S. The van der Waals surface area contributed by atoms with E-state index < -0.39 is 27.7 Å². The Balaban J connectivity index is 1.66. The highest BCUT2D eigenvalue weighted by Crippen LogP contribution is 2.50.